The van der Waals surface area contributed by atoms with E-state index in [-0.39, 0.29) is 6.10 Å². The number of benzene rings is 1. The molecule has 0 N–H and O–H groups in total. The molecule has 1 aromatic heterocycles. The lowest BCUT2D eigenvalue weighted by Gasteiger charge is -2.13. The first kappa shape index (κ1) is 11.7. The van der Waals surface area contributed by atoms with Crippen LogP contribution in [0.15, 0.2) is 47.1 Å². The monoisotopic (exact) mass is 232 g/mol. The van der Waals surface area contributed by atoms with Crippen LogP contribution in [-0.4, -0.2) is 19.8 Å². The van der Waals surface area contributed by atoms with Crippen molar-refractivity contribution in [2.24, 2.45) is 0 Å². The first-order valence-corrected chi connectivity index (χ1v) is 5.59. The Kier molecular flexibility index (Phi) is 3.83. The molecule has 0 amide bonds. The van der Waals surface area contributed by atoms with Crippen LogP contribution in [-0.2, 0) is 4.74 Å². The van der Waals surface area contributed by atoms with E-state index in [0.29, 0.717) is 6.61 Å². The third kappa shape index (κ3) is 3.11. The molecule has 0 aliphatic heterocycles. The van der Waals surface area contributed by atoms with E-state index in [0.717, 1.165) is 17.1 Å². The van der Waals surface area contributed by atoms with Crippen LogP contribution in [0.4, 0.5) is 0 Å². The van der Waals surface area contributed by atoms with Crippen LogP contribution >= 0.6 is 0 Å². The zero-order chi connectivity index (χ0) is 12.1. The van der Waals surface area contributed by atoms with Crippen molar-refractivity contribution in [3.8, 4) is 17.1 Å². The normalized spacial score (nSPS) is 12.4. The largest absolute Gasteiger partial charge is 0.488 e. The molecule has 0 spiro atoms. The smallest absolute Gasteiger partial charge is 0.133 e. The Morgan fingerprint density at radius 3 is 2.53 bits per heavy atom. The molecule has 17 heavy (non-hydrogen) atoms. The molecule has 1 aromatic carbocycles. The summed E-state index contributed by atoms with van der Waals surface area (Å²) in [5.74, 6) is 1.70. The van der Waals surface area contributed by atoms with Crippen molar-refractivity contribution >= 4 is 0 Å². The van der Waals surface area contributed by atoms with Gasteiger partial charge in [0.15, 0.2) is 0 Å². The number of rotatable bonds is 5. The maximum atomic E-state index is 5.67. The lowest BCUT2D eigenvalue weighted by molar-refractivity contribution is 0.0921. The summed E-state index contributed by atoms with van der Waals surface area (Å²) in [5, 5.41) is 0. The summed E-state index contributed by atoms with van der Waals surface area (Å²) < 4.78 is 16.0. The molecule has 3 heteroatoms. The fraction of sp³-hybridized carbons (Fsp3) is 0.286. The highest BCUT2D eigenvalue weighted by atomic mass is 16.5. The molecule has 3 nitrogen and oxygen atoms in total. The SMILES string of the molecule is COCC(C)Oc1ccc(-c2ccco2)cc1. The van der Waals surface area contributed by atoms with Gasteiger partial charge in [0.2, 0.25) is 0 Å². The minimum atomic E-state index is 0.0504. The van der Waals surface area contributed by atoms with E-state index in [2.05, 4.69) is 0 Å². The van der Waals surface area contributed by atoms with Gasteiger partial charge in [0, 0.05) is 12.7 Å². The van der Waals surface area contributed by atoms with E-state index >= 15 is 0 Å². The van der Waals surface area contributed by atoms with E-state index < -0.39 is 0 Å². The second kappa shape index (κ2) is 5.55. The lowest BCUT2D eigenvalue weighted by Crippen LogP contribution is -2.17. The molecule has 0 saturated heterocycles. The molecule has 1 unspecified atom stereocenters. The lowest BCUT2D eigenvalue weighted by atomic mass is 10.2. The summed E-state index contributed by atoms with van der Waals surface area (Å²) in [6.45, 7) is 2.56. The minimum absolute atomic E-state index is 0.0504. The topological polar surface area (TPSA) is 31.6 Å². The Hall–Kier alpha value is -1.74. The van der Waals surface area contributed by atoms with Gasteiger partial charge < -0.3 is 13.9 Å². The fourth-order valence-corrected chi connectivity index (χ4v) is 1.64. The van der Waals surface area contributed by atoms with E-state index in [1.165, 1.54) is 0 Å². The molecule has 1 atom stereocenters. The quantitative estimate of drug-likeness (QED) is 0.792. The Labute approximate surface area is 101 Å². The molecule has 2 aromatic rings. The summed E-state index contributed by atoms with van der Waals surface area (Å²) in [6, 6.07) is 11.6. The number of methoxy groups -OCH3 is 1. The third-order valence-electron chi connectivity index (χ3n) is 2.40. The van der Waals surface area contributed by atoms with Crippen LogP contribution in [0.1, 0.15) is 6.92 Å². The minimum Gasteiger partial charge on any atom is -0.488 e. The van der Waals surface area contributed by atoms with E-state index in [4.69, 9.17) is 13.9 Å². The van der Waals surface area contributed by atoms with Crippen LogP contribution in [0.5, 0.6) is 5.75 Å². The van der Waals surface area contributed by atoms with E-state index in [1.807, 2.05) is 43.3 Å². The average molecular weight is 232 g/mol. The van der Waals surface area contributed by atoms with Gasteiger partial charge in [-0.3, -0.25) is 0 Å². The summed E-state index contributed by atoms with van der Waals surface area (Å²) >= 11 is 0. The van der Waals surface area contributed by atoms with Gasteiger partial charge in [-0.05, 0) is 43.3 Å². The zero-order valence-corrected chi connectivity index (χ0v) is 10.1. The van der Waals surface area contributed by atoms with Gasteiger partial charge in [0.05, 0.1) is 12.9 Å². The van der Waals surface area contributed by atoms with E-state index in [9.17, 15) is 0 Å². The fourth-order valence-electron chi connectivity index (χ4n) is 1.64. The Bertz CT molecular complexity index is 431. The number of hydrogen-bond acceptors (Lipinski definition) is 3. The highest BCUT2D eigenvalue weighted by molar-refractivity contribution is 5.58. The highest BCUT2D eigenvalue weighted by Gasteiger charge is 2.04. The van der Waals surface area contributed by atoms with Crippen molar-refractivity contribution in [2.45, 2.75) is 13.0 Å². The van der Waals surface area contributed by atoms with Gasteiger partial charge in [-0.2, -0.15) is 0 Å². The Morgan fingerprint density at radius 2 is 1.94 bits per heavy atom. The van der Waals surface area contributed by atoms with Gasteiger partial charge in [0.1, 0.15) is 17.6 Å². The molecule has 0 fully saturated rings. The zero-order valence-electron chi connectivity index (χ0n) is 10.1. The van der Waals surface area contributed by atoms with Crippen molar-refractivity contribution in [2.75, 3.05) is 13.7 Å². The van der Waals surface area contributed by atoms with Crippen LogP contribution < -0.4 is 4.74 Å². The molecule has 2 rings (SSSR count). The first-order chi connectivity index (χ1) is 8.29. The molecule has 0 radical (unpaired) electrons. The van der Waals surface area contributed by atoms with Gasteiger partial charge >= 0.3 is 0 Å². The predicted molar refractivity (Wildman–Crippen MR) is 66.1 cm³/mol. The Balaban J connectivity index is 2.03. The maximum Gasteiger partial charge on any atom is 0.133 e. The molecule has 1 heterocycles. The van der Waals surface area contributed by atoms with Crippen molar-refractivity contribution < 1.29 is 13.9 Å². The number of ether oxygens (including phenoxy) is 2. The summed E-state index contributed by atoms with van der Waals surface area (Å²) in [4.78, 5) is 0. The standard InChI is InChI=1S/C14H16O3/c1-11(10-15-2)17-13-7-5-12(6-8-13)14-4-3-9-16-14/h3-9,11H,10H2,1-2H3. The molecular weight excluding hydrogens is 216 g/mol. The molecule has 90 valence electrons. The summed E-state index contributed by atoms with van der Waals surface area (Å²) in [5.41, 5.74) is 1.04. The predicted octanol–water partition coefficient (Wildman–Crippen LogP) is 3.36. The Morgan fingerprint density at radius 1 is 1.18 bits per heavy atom. The molecule has 0 aliphatic carbocycles. The van der Waals surface area contributed by atoms with Crippen LogP contribution in [0.2, 0.25) is 0 Å². The molecule has 0 bridgehead atoms. The average Bonchev–Trinajstić information content (AvgIpc) is 2.84. The van der Waals surface area contributed by atoms with Gasteiger partial charge in [-0.15, -0.1) is 0 Å². The van der Waals surface area contributed by atoms with Gasteiger partial charge in [-0.1, -0.05) is 0 Å². The van der Waals surface area contributed by atoms with Gasteiger partial charge in [-0.25, -0.2) is 0 Å². The van der Waals surface area contributed by atoms with E-state index in [1.54, 1.807) is 13.4 Å². The van der Waals surface area contributed by atoms with Crippen LogP contribution in [0, 0.1) is 0 Å². The molecular formula is C14H16O3. The van der Waals surface area contributed by atoms with Crippen molar-refractivity contribution in [1.82, 2.24) is 0 Å². The van der Waals surface area contributed by atoms with Crippen LogP contribution in [0.3, 0.4) is 0 Å². The second-order valence-corrected chi connectivity index (χ2v) is 3.89. The summed E-state index contributed by atoms with van der Waals surface area (Å²) in [7, 11) is 1.67. The highest BCUT2D eigenvalue weighted by Crippen LogP contribution is 2.23. The second-order valence-electron chi connectivity index (χ2n) is 3.89. The van der Waals surface area contributed by atoms with Crippen molar-refractivity contribution in [3.63, 3.8) is 0 Å². The van der Waals surface area contributed by atoms with Crippen molar-refractivity contribution in [1.29, 1.82) is 0 Å². The van der Waals surface area contributed by atoms with Crippen LogP contribution in [0.25, 0.3) is 11.3 Å². The third-order valence-corrected chi connectivity index (χ3v) is 2.40. The van der Waals surface area contributed by atoms with Crippen molar-refractivity contribution in [3.05, 3.63) is 42.7 Å². The summed E-state index contributed by atoms with van der Waals surface area (Å²) in [6.07, 6.45) is 1.72. The number of hydrogen-bond donors (Lipinski definition) is 0. The number of furan rings is 1. The van der Waals surface area contributed by atoms with Gasteiger partial charge in [0.25, 0.3) is 0 Å². The molecule has 0 aliphatic rings. The molecule has 0 saturated carbocycles. The first-order valence-electron chi connectivity index (χ1n) is 5.59. The maximum absolute atomic E-state index is 5.67.